The summed E-state index contributed by atoms with van der Waals surface area (Å²) in [6, 6.07) is 2.18. The van der Waals surface area contributed by atoms with Crippen molar-refractivity contribution in [2.45, 2.75) is 19.1 Å². The monoisotopic (exact) mass is 330 g/mol. The minimum Gasteiger partial charge on any atom is -0.376 e. The van der Waals surface area contributed by atoms with Crippen LogP contribution in [0.2, 0.25) is 0 Å². The van der Waals surface area contributed by atoms with Crippen LogP contribution >= 0.6 is 11.3 Å². The van der Waals surface area contributed by atoms with Gasteiger partial charge in [-0.3, -0.25) is 4.90 Å². The molecular weight excluding hydrogens is 308 g/mol. The van der Waals surface area contributed by atoms with Crippen LogP contribution in [0.4, 0.5) is 0 Å². The Morgan fingerprint density at radius 2 is 2.38 bits per heavy atom. The summed E-state index contributed by atoms with van der Waals surface area (Å²) in [6.07, 6.45) is 2.32. The SMILES string of the molecule is CS(=O)(=O)NC[C@H]1OC[C@H]2CN(Cc3ccsc3)CC[C@H]21. The number of nitrogens with zero attached hydrogens (tertiary/aromatic N) is 1. The second kappa shape index (κ2) is 6.34. The summed E-state index contributed by atoms with van der Waals surface area (Å²) >= 11 is 1.74. The van der Waals surface area contributed by atoms with Gasteiger partial charge in [0.05, 0.1) is 19.0 Å². The number of likely N-dealkylation sites (tertiary alicyclic amines) is 1. The predicted molar refractivity (Wildman–Crippen MR) is 83.8 cm³/mol. The van der Waals surface area contributed by atoms with Crippen LogP contribution in [0.25, 0.3) is 0 Å². The third-order valence-electron chi connectivity index (χ3n) is 4.41. The molecule has 5 nitrogen and oxygen atoms in total. The topological polar surface area (TPSA) is 58.6 Å². The molecule has 1 aromatic heterocycles. The van der Waals surface area contributed by atoms with Gasteiger partial charge in [-0.15, -0.1) is 0 Å². The quantitative estimate of drug-likeness (QED) is 0.879. The van der Waals surface area contributed by atoms with E-state index >= 15 is 0 Å². The highest BCUT2D eigenvalue weighted by Crippen LogP contribution is 2.34. The Kier molecular flexibility index (Phi) is 4.66. The first-order chi connectivity index (χ1) is 10.0. The number of rotatable bonds is 5. The molecule has 0 saturated carbocycles. The summed E-state index contributed by atoms with van der Waals surface area (Å²) in [7, 11) is -3.13. The first-order valence-electron chi connectivity index (χ1n) is 7.31. The molecule has 2 aliphatic rings. The van der Waals surface area contributed by atoms with Gasteiger partial charge in [-0.2, -0.15) is 11.3 Å². The lowest BCUT2D eigenvalue weighted by Gasteiger charge is -2.35. The van der Waals surface area contributed by atoms with Gasteiger partial charge in [0, 0.05) is 25.6 Å². The standard InChI is InChI=1S/C14H22N2O3S2/c1-21(17,18)15-6-14-13-2-4-16(8-12(13)9-19-14)7-11-3-5-20-10-11/h3,5,10,12-15H,2,4,6-9H2,1H3/t12-,13-,14-/m1/s1. The molecule has 2 saturated heterocycles. The molecule has 7 heteroatoms. The molecule has 0 unspecified atom stereocenters. The lowest BCUT2D eigenvalue weighted by atomic mass is 9.84. The Labute approximate surface area is 130 Å². The van der Waals surface area contributed by atoms with E-state index in [-0.39, 0.29) is 6.10 Å². The van der Waals surface area contributed by atoms with Gasteiger partial charge in [-0.25, -0.2) is 13.1 Å². The van der Waals surface area contributed by atoms with Crippen LogP contribution in [0.5, 0.6) is 0 Å². The number of fused-ring (bicyclic) bond motifs is 1. The molecule has 2 fully saturated rings. The average Bonchev–Trinajstić information content (AvgIpc) is 3.04. The van der Waals surface area contributed by atoms with Crippen molar-refractivity contribution in [3.05, 3.63) is 22.4 Å². The molecule has 0 spiro atoms. The van der Waals surface area contributed by atoms with E-state index in [1.165, 1.54) is 11.8 Å². The minimum atomic E-state index is -3.13. The minimum absolute atomic E-state index is 0.0352. The second-order valence-corrected chi connectivity index (χ2v) is 8.68. The van der Waals surface area contributed by atoms with Crippen molar-refractivity contribution in [1.29, 1.82) is 0 Å². The van der Waals surface area contributed by atoms with Crippen LogP contribution in [0.1, 0.15) is 12.0 Å². The van der Waals surface area contributed by atoms with Gasteiger partial charge in [-0.1, -0.05) is 0 Å². The Hall–Kier alpha value is -0.470. The first kappa shape index (κ1) is 15.4. The summed E-state index contributed by atoms with van der Waals surface area (Å²) in [4.78, 5) is 2.49. The number of nitrogens with one attached hydrogen (secondary N) is 1. The molecule has 3 rings (SSSR count). The predicted octanol–water partition coefficient (Wildman–Crippen LogP) is 1.13. The van der Waals surface area contributed by atoms with Gasteiger partial charge >= 0.3 is 0 Å². The van der Waals surface area contributed by atoms with Crippen molar-refractivity contribution in [1.82, 2.24) is 9.62 Å². The molecular formula is C14H22N2O3S2. The molecule has 0 bridgehead atoms. The van der Waals surface area contributed by atoms with E-state index in [4.69, 9.17) is 4.74 Å². The van der Waals surface area contributed by atoms with Crippen molar-refractivity contribution in [3.8, 4) is 0 Å². The summed E-state index contributed by atoms with van der Waals surface area (Å²) in [5.74, 6) is 1.02. The van der Waals surface area contributed by atoms with E-state index in [0.717, 1.165) is 32.7 Å². The van der Waals surface area contributed by atoms with Crippen LogP contribution in [0.3, 0.4) is 0 Å². The first-order valence-corrected chi connectivity index (χ1v) is 10.1. The van der Waals surface area contributed by atoms with E-state index in [9.17, 15) is 8.42 Å². The van der Waals surface area contributed by atoms with Crippen LogP contribution in [0.15, 0.2) is 16.8 Å². The zero-order chi connectivity index (χ0) is 14.9. The number of hydrogen-bond donors (Lipinski definition) is 1. The van der Waals surface area contributed by atoms with Crippen LogP contribution < -0.4 is 4.72 Å². The Morgan fingerprint density at radius 3 is 3.10 bits per heavy atom. The zero-order valence-electron chi connectivity index (χ0n) is 12.2. The van der Waals surface area contributed by atoms with E-state index in [1.807, 2.05) is 0 Å². The molecule has 2 aliphatic heterocycles. The van der Waals surface area contributed by atoms with Crippen LogP contribution in [0, 0.1) is 11.8 Å². The molecule has 3 atom stereocenters. The maximum atomic E-state index is 11.2. The summed E-state index contributed by atoms with van der Waals surface area (Å²) in [6.45, 7) is 4.29. The Balaban J connectivity index is 1.52. The number of thiophene rings is 1. The van der Waals surface area contributed by atoms with E-state index < -0.39 is 10.0 Å². The number of hydrogen-bond acceptors (Lipinski definition) is 5. The summed E-state index contributed by atoms with van der Waals surface area (Å²) in [5, 5.41) is 4.32. The molecule has 3 heterocycles. The van der Waals surface area contributed by atoms with E-state index in [1.54, 1.807) is 11.3 Å². The fraction of sp³-hybridized carbons (Fsp3) is 0.714. The fourth-order valence-electron chi connectivity index (χ4n) is 3.39. The highest BCUT2D eigenvalue weighted by atomic mass is 32.2. The highest BCUT2D eigenvalue weighted by Gasteiger charge is 2.40. The maximum Gasteiger partial charge on any atom is 0.208 e. The number of sulfonamides is 1. The van der Waals surface area contributed by atoms with Gasteiger partial charge < -0.3 is 4.74 Å². The van der Waals surface area contributed by atoms with Crippen molar-refractivity contribution < 1.29 is 13.2 Å². The summed E-state index contributed by atoms with van der Waals surface area (Å²) < 4.78 is 30.8. The van der Waals surface area contributed by atoms with Gasteiger partial charge in [0.25, 0.3) is 0 Å². The largest absolute Gasteiger partial charge is 0.376 e. The molecule has 0 amide bonds. The van der Waals surface area contributed by atoms with Crippen molar-refractivity contribution >= 4 is 21.4 Å². The Bertz CT molecular complexity index is 559. The lowest BCUT2D eigenvalue weighted by molar-refractivity contribution is 0.0885. The van der Waals surface area contributed by atoms with E-state index in [2.05, 4.69) is 26.4 Å². The van der Waals surface area contributed by atoms with Crippen LogP contribution in [-0.4, -0.2) is 51.9 Å². The fourth-order valence-corrected chi connectivity index (χ4v) is 4.52. The van der Waals surface area contributed by atoms with Gasteiger partial charge in [0.15, 0.2) is 0 Å². The van der Waals surface area contributed by atoms with Gasteiger partial charge in [-0.05, 0) is 41.3 Å². The highest BCUT2D eigenvalue weighted by molar-refractivity contribution is 7.88. The third kappa shape index (κ3) is 4.04. The molecule has 0 aromatic carbocycles. The third-order valence-corrected chi connectivity index (χ3v) is 5.83. The van der Waals surface area contributed by atoms with Crippen molar-refractivity contribution in [2.75, 3.05) is 32.5 Å². The Morgan fingerprint density at radius 1 is 1.52 bits per heavy atom. The molecule has 21 heavy (non-hydrogen) atoms. The van der Waals surface area contributed by atoms with Crippen molar-refractivity contribution in [3.63, 3.8) is 0 Å². The number of ether oxygens (including phenoxy) is 1. The molecule has 1 N–H and O–H groups in total. The molecule has 118 valence electrons. The van der Waals surface area contributed by atoms with E-state index in [0.29, 0.717) is 18.4 Å². The average molecular weight is 330 g/mol. The molecule has 1 aromatic rings. The normalized spacial score (nSPS) is 30.4. The number of piperidine rings is 1. The second-order valence-electron chi connectivity index (χ2n) is 6.07. The summed E-state index contributed by atoms with van der Waals surface area (Å²) in [5.41, 5.74) is 1.38. The van der Waals surface area contributed by atoms with Gasteiger partial charge in [0.2, 0.25) is 10.0 Å². The molecule has 0 aliphatic carbocycles. The van der Waals surface area contributed by atoms with Gasteiger partial charge in [0.1, 0.15) is 0 Å². The zero-order valence-corrected chi connectivity index (χ0v) is 13.8. The van der Waals surface area contributed by atoms with Crippen molar-refractivity contribution in [2.24, 2.45) is 11.8 Å². The smallest absolute Gasteiger partial charge is 0.208 e. The van der Waals surface area contributed by atoms with Crippen LogP contribution in [-0.2, 0) is 21.3 Å². The lowest BCUT2D eigenvalue weighted by Crippen LogP contribution is -2.43. The molecule has 0 radical (unpaired) electrons. The maximum absolute atomic E-state index is 11.2.